The van der Waals surface area contributed by atoms with Gasteiger partial charge < -0.3 is 19.3 Å². The smallest absolute Gasteiger partial charge is 0.373 e. The third-order valence-electron chi connectivity index (χ3n) is 4.77. The molecule has 2 heterocycles. The van der Waals surface area contributed by atoms with Crippen LogP contribution in [0.15, 0.2) is 12.2 Å². The summed E-state index contributed by atoms with van der Waals surface area (Å²) in [7, 11) is -7.29. The summed E-state index contributed by atoms with van der Waals surface area (Å²) in [4.78, 5) is 50.9. The van der Waals surface area contributed by atoms with Gasteiger partial charge in [0, 0.05) is 37.3 Å². The van der Waals surface area contributed by atoms with E-state index in [1.165, 1.54) is 0 Å². The number of phosphoric ester groups is 2. The summed E-state index contributed by atoms with van der Waals surface area (Å²) in [6.07, 6.45) is -0.863. The lowest BCUT2D eigenvalue weighted by Crippen LogP contribution is -2.40. The quantitative estimate of drug-likeness (QED) is 0.141. The van der Waals surface area contributed by atoms with Crippen LogP contribution < -0.4 is 0 Å². The summed E-state index contributed by atoms with van der Waals surface area (Å²) in [6.45, 7) is 6.48. The topological polar surface area (TPSA) is 183 Å². The van der Waals surface area contributed by atoms with Crippen LogP contribution in [0.4, 0.5) is 9.59 Å². The molecule has 2 saturated heterocycles. The molecule has 2 fully saturated rings. The lowest BCUT2D eigenvalue weighted by Gasteiger charge is -2.25. The molecular formula is C20H32N2O14P2. The number of ether oxygens (including phenoxy) is 2. The molecule has 2 aliphatic heterocycles. The Hall–Kier alpha value is -2.16. The van der Waals surface area contributed by atoms with E-state index in [1.807, 2.05) is 0 Å². The molecule has 0 aliphatic carbocycles. The molecule has 0 N–H and O–H groups in total. The first-order valence-electron chi connectivity index (χ1n) is 11.6. The van der Waals surface area contributed by atoms with Crippen molar-refractivity contribution >= 4 is 39.8 Å². The maximum atomic E-state index is 12.3. The van der Waals surface area contributed by atoms with Crippen LogP contribution in [-0.2, 0) is 55.3 Å². The molecule has 0 bridgehead atoms. The summed E-state index contributed by atoms with van der Waals surface area (Å²) in [6, 6.07) is -0.846. The van der Waals surface area contributed by atoms with Gasteiger partial charge in [0.1, 0.15) is 0 Å². The van der Waals surface area contributed by atoms with Gasteiger partial charge in [-0.25, -0.2) is 28.3 Å². The third-order valence-corrected chi connectivity index (χ3v) is 7.77. The lowest BCUT2D eigenvalue weighted by molar-refractivity contribution is -0.135. The van der Waals surface area contributed by atoms with E-state index < -0.39 is 51.9 Å². The number of amides is 2. The zero-order valence-corrected chi connectivity index (χ0v) is 23.3. The predicted octanol–water partition coefficient (Wildman–Crippen LogP) is 2.63. The number of hydrogen-bond donors (Lipinski definition) is 0. The van der Waals surface area contributed by atoms with E-state index in [4.69, 9.17) is 27.1 Å². The number of nitrogens with zero attached hydrogens (tertiary/aromatic N) is 2. The highest BCUT2D eigenvalue weighted by Gasteiger charge is 2.33. The summed E-state index contributed by atoms with van der Waals surface area (Å²) >= 11 is 0. The molecule has 2 rings (SSSR count). The Bertz CT molecular complexity index is 889. The van der Waals surface area contributed by atoms with Crippen molar-refractivity contribution in [1.82, 2.24) is 9.80 Å². The molecule has 0 saturated carbocycles. The highest BCUT2D eigenvalue weighted by Crippen LogP contribution is 2.53. The van der Waals surface area contributed by atoms with Crippen molar-refractivity contribution < 1.29 is 64.9 Å². The molecule has 38 heavy (non-hydrogen) atoms. The van der Waals surface area contributed by atoms with Crippen LogP contribution in [0.25, 0.3) is 0 Å². The minimum atomic E-state index is -3.65. The Labute approximate surface area is 219 Å². The fourth-order valence-corrected chi connectivity index (χ4v) is 5.19. The van der Waals surface area contributed by atoms with Gasteiger partial charge in [-0.2, -0.15) is 0 Å². The first-order chi connectivity index (χ1) is 17.8. The zero-order chi connectivity index (χ0) is 28.3. The molecule has 0 aromatic carbocycles. The molecule has 0 spiro atoms. The number of phosphoric acid groups is 2. The summed E-state index contributed by atoms with van der Waals surface area (Å²) in [5.41, 5.74) is 0. The van der Waals surface area contributed by atoms with E-state index in [2.05, 4.69) is 9.47 Å². The van der Waals surface area contributed by atoms with Gasteiger partial charge >= 0.3 is 39.8 Å². The van der Waals surface area contributed by atoms with Crippen LogP contribution in [0.2, 0.25) is 0 Å². The summed E-state index contributed by atoms with van der Waals surface area (Å²) in [5, 5.41) is 0. The number of esters is 2. The van der Waals surface area contributed by atoms with Crippen molar-refractivity contribution in [2.24, 2.45) is 0 Å². The monoisotopic (exact) mass is 586 g/mol. The van der Waals surface area contributed by atoms with Crippen LogP contribution in [0, 0.1) is 0 Å². The summed E-state index contributed by atoms with van der Waals surface area (Å²) < 4.78 is 62.9. The van der Waals surface area contributed by atoms with Crippen molar-refractivity contribution in [2.45, 2.75) is 39.8 Å². The number of rotatable bonds is 12. The third kappa shape index (κ3) is 10.5. The van der Waals surface area contributed by atoms with Crippen molar-refractivity contribution in [2.75, 3.05) is 52.7 Å². The van der Waals surface area contributed by atoms with Gasteiger partial charge in [0.2, 0.25) is 0 Å². The van der Waals surface area contributed by atoms with Gasteiger partial charge in [-0.15, -0.1) is 0 Å². The predicted molar refractivity (Wildman–Crippen MR) is 127 cm³/mol. The standard InChI is InChI=1S/C20H32N2O14P2/c1-15(2)21(7-9-29-37(27)31-11-12-32-37)19(25)35-17(23)5-6-18(24)36-20(26)22(16(3)4)8-10-30-38(28)33-13-14-34-38/h5-6,15-16H,7-14H2,1-4H3/b6-5+. The largest absolute Gasteiger partial charge is 0.475 e. The SMILES string of the molecule is CC(C)N(CCOP1(=O)OCCO1)C(=O)OC(=O)/C=C/C(=O)OC(=O)N(CCOP1(=O)OCCO1)C(C)C. The highest BCUT2D eigenvalue weighted by molar-refractivity contribution is 7.49. The van der Waals surface area contributed by atoms with E-state index in [0.29, 0.717) is 12.2 Å². The van der Waals surface area contributed by atoms with Crippen molar-refractivity contribution in [1.29, 1.82) is 0 Å². The highest BCUT2D eigenvalue weighted by atomic mass is 31.2. The molecular weight excluding hydrogens is 554 g/mol. The van der Waals surface area contributed by atoms with E-state index in [0.717, 1.165) is 9.80 Å². The molecule has 0 aromatic rings. The van der Waals surface area contributed by atoms with Gasteiger partial charge in [-0.05, 0) is 27.7 Å². The zero-order valence-electron chi connectivity index (χ0n) is 21.5. The van der Waals surface area contributed by atoms with Crippen LogP contribution in [-0.4, -0.2) is 98.7 Å². The van der Waals surface area contributed by atoms with E-state index in [-0.39, 0.29) is 52.7 Å². The van der Waals surface area contributed by atoms with E-state index in [1.54, 1.807) is 27.7 Å². The minimum Gasteiger partial charge on any atom is -0.373 e. The lowest BCUT2D eigenvalue weighted by atomic mass is 10.3. The minimum absolute atomic E-state index is 0.0940. The van der Waals surface area contributed by atoms with Gasteiger partial charge in [-0.3, -0.25) is 27.1 Å². The Kier molecular flexibility index (Phi) is 12.5. The Balaban J connectivity index is 1.79. The van der Waals surface area contributed by atoms with Gasteiger partial charge in [0.25, 0.3) is 0 Å². The molecule has 2 amide bonds. The maximum absolute atomic E-state index is 12.3. The molecule has 18 heteroatoms. The van der Waals surface area contributed by atoms with Gasteiger partial charge in [0.05, 0.1) is 39.6 Å². The van der Waals surface area contributed by atoms with Crippen LogP contribution in [0.1, 0.15) is 27.7 Å². The van der Waals surface area contributed by atoms with Crippen molar-refractivity contribution in [3.8, 4) is 0 Å². The van der Waals surface area contributed by atoms with Crippen LogP contribution in [0.3, 0.4) is 0 Å². The average molecular weight is 586 g/mol. The fourth-order valence-electron chi connectivity index (χ4n) is 2.94. The first-order valence-corrected chi connectivity index (χ1v) is 14.6. The first kappa shape index (κ1) is 32.1. The molecule has 2 aliphatic rings. The molecule has 0 atom stereocenters. The van der Waals surface area contributed by atoms with Crippen LogP contribution >= 0.6 is 15.6 Å². The number of hydrogen-bond acceptors (Lipinski definition) is 14. The molecule has 0 radical (unpaired) electrons. The molecule has 0 aromatic heterocycles. The average Bonchev–Trinajstić information content (AvgIpc) is 3.46. The number of carbonyl (C=O) groups excluding carboxylic acids is 4. The van der Waals surface area contributed by atoms with Gasteiger partial charge in [-0.1, -0.05) is 0 Å². The second-order valence-electron chi connectivity index (χ2n) is 8.18. The second kappa shape index (κ2) is 14.8. The van der Waals surface area contributed by atoms with E-state index in [9.17, 15) is 28.3 Å². The Morgan fingerprint density at radius 1 is 0.684 bits per heavy atom. The maximum Gasteiger partial charge on any atom is 0.475 e. The molecule has 0 unspecified atom stereocenters. The Morgan fingerprint density at radius 3 is 1.29 bits per heavy atom. The summed E-state index contributed by atoms with van der Waals surface area (Å²) in [5.74, 6) is -2.40. The Morgan fingerprint density at radius 2 is 1.00 bits per heavy atom. The van der Waals surface area contributed by atoms with Crippen LogP contribution in [0.5, 0.6) is 0 Å². The van der Waals surface area contributed by atoms with Crippen molar-refractivity contribution in [3.63, 3.8) is 0 Å². The fraction of sp³-hybridized carbons (Fsp3) is 0.700. The molecule has 216 valence electrons. The molecule has 16 nitrogen and oxygen atoms in total. The van der Waals surface area contributed by atoms with Crippen molar-refractivity contribution in [3.05, 3.63) is 12.2 Å². The van der Waals surface area contributed by atoms with E-state index >= 15 is 0 Å². The normalized spacial score (nSPS) is 18.2. The number of carbonyl (C=O) groups is 4. The second-order valence-corrected chi connectivity index (χ2v) is 11.5. The van der Waals surface area contributed by atoms with Gasteiger partial charge in [0.15, 0.2) is 0 Å².